The van der Waals surface area contributed by atoms with Crippen LogP contribution in [-0.2, 0) is 47.4 Å². The van der Waals surface area contributed by atoms with Crippen LogP contribution >= 0.6 is 23.2 Å². The average molecular weight is 804 g/mol. The fraction of sp³-hybridized carbons (Fsp3) is 0.429. The number of aryl methyl sites for hydroxylation is 1. The van der Waals surface area contributed by atoms with Gasteiger partial charge in [-0.1, -0.05) is 65.4 Å². The molecule has 3 aliphatic heterocycles. The zero-order chi connectivity index (χ0) is 38.9. The van der Waals surface area contributed by atoms with Crippen LogP contribution in [0.2, 0.25) is 10.0 Å². The molecule has 4 aromatic rings. The smallest absolute Gasteiger partial charge is 0.410 e. The number of halogens is 2. The third-order valence-electron chi connectivity index (χ3n) is 10.5. The highest BCUT2D eigenvalue weighted by atomic mass is 35.5. The fourth-order valence-electron chi connectivity index (χ4n) is 7.72. The third-order valence-corrected chi connectivity index (χ3v) is 12.3. The number of amides is 1. The van der Waals surface area contributed by atoms with Gasteiger partial charge in [0.25, 0.3) is 0 Å². The Morgan fingerprint density at radius 2 is 1.65 bits per heavy atom. The maximum atomic E-state index is 12.7. The van der Waals surface area contributed by atoms with Gasteiger partial charge in [0, 0.05) is 104 Å². The summed E-state index contributed by atoms with van der Waals surface area (Å²) in [5.41, 5.74) is 6.96. The van der Waals surface area contributed by atoms with Gasteiger partial charge >= 0.3 is 6.09 Å². The number of sulfonamides is 1. The van der Waals surface area contributed by atoms with E-state index in [4.69, 9.17) is 33.0 Å². The van der Waals surface area contributed by atoms with E-state index in [0.29, 0.717) is 42.7 Å². The van der Waals surface area contributed by atoms with Gasteiger partial charge in [-0.05, 0) is 81.1 Å². The summed E-state index contributed by atoms with van der Waals surface area (Å²) < 4.78 is 34.5. The van der Waals surface area contributed by atoms with Gasteiger partial charge in [-0.2, -0.15) is 9.40 Å². The zero-order valence-corrected chi connectivity index (χ0v) is 34.1. The van der Waals surface area contributed by atoms with Gasteiger partial charge < -0.3 is 15.0 Å². The van der Waals surface area contributed by atoms with Gasteiger partial charge in [0.1, 0.15) is 5.60 Å². The normalized spacial score (nSPS) is 18.6. The van der Waals surface area contributed by atoms with Crippen LogP contribution in [0.25, 0.3) is 11.3 Å². The molecule has 1 N–H and O–H groups in total. The van der Waals surface area contributed by atoms with Crippen molar-refractivity contribution in [3.63, 3.8) is 0 Å². The van der Waals surface area contributed by atoms with E-state index in [2.05, 4.69) is 38.9 Å². The number of rotatable bonds is 10. The van der Waals surface area contributed by atoms with Crippen LogP contribution in [0, 0.1) is 11.8 Å². The number of carbonyl (C=O) groups excluding carboxylic acids is 1. The molecule has 0 unspecified atom stereocenters. The molecular weight excluding hydrogens is 755 g/mol. The second-order valence-electron chi connectivity index (χ2n) is 15.7. The number of benzene rings is 3. The van der Waals surface area contributed by atoms with E-state index in [9.17, 15) is 13.2 Å². The van der Waals surface area contributed by atoms with E-state index in [-0.39, 0.29) is 18.7 Å². The largest absolute Gasteiger partial charge is 0.444 e. The van der Waals surface area contributed by atoms with Gasteiger partial charge in [-0.3, -0.25) is 9.58 Å². The highest BCUT2D eigenvalue weighted by molar-refractivity contribution is 7.88. The maximum absolute atomic E-state index is 12.7. The quantitative estimate of drug-likeness (QED) is 0.174. The molecule has 1 amide bonds. The first-order valence-corrected chi connectivity index (χ1v) is 21.4. The van der Waals surface area contributed by atoms with Gasteiger partial charge in [0.15, 0.2) is 0 Å². The zero-order valence-electron chi connectivity index (χ0n) is 31.8. The molecule has 0 radical (unpaired) electrons. The van der Waals surface area contributed by atoms with Crippen LogP contribution in [0.15, 0.2) is 66.7 Å². The van der Waals surface area contributed by atoms with Crippen molar-refractivity contribution in [2.75, 3.05) is 32.4 Å². The van der Waals surface area contributed by atoms with Crippen molar-refractivity contribution in [1.82, 2.24) is 29.2 Å². The molecule has 13 heteroatoms. The Kier molecular flexibility index (Phi) is 11.7. The lowest BCUT2D eigenvalue weighted by atomic mass is 10.0. The summed E-state index contributed by atoms with van der Waals surface area (Å²) in [4.78, 5) is 17.1. The van der Waals surface area contributed by atoms with Crippen LogP contribution < -0.4 is 5.32 Å². The molecule has 0 spiro atoms. The predicted molar refractivity (Wildman–Crippen MR) is 217 cm³/mol. The Bertz CT molecular complexity index is 2210. The van der Waals surface area contributed by atoms with E-state index in [0.717, 1.165) is 77.7 Å². The molecule has 0 aliphatic carbocycles. The summed E-state index contributed by atoms with van der Waals surface area (Å²) in [6.07, 6.45) is 3.48. The molecule has 290 valence electrons. The van der Waals surface area contributed by atoms with Crippen molar-refractivity contribution < 1.29 is 17.9 Å². The van der Waals surface area contributed by atoms with Crippen molar-refractivity contribution in [2.45, 2.75) is 83.9 Å². The lowest BCUT2D eigenvalue weighted by Gasteiger charge is -2.35. The summed E-state index contributed by atoms with van der Waals surface area (Å²) in [7, 11) is -3.39. The first-order chi connectivity index (χ1) is 26.2. The lowest BCUT2D eigenvalue weighted by molar-refractivity contribution is 0.0128. The summed E-state index contributed by atoms with van der Waals surface area (Å²) in [5.74, 6) is 6.52. The van der Waals surface area contributed by atoms with E-state index in [1.54, 1.807) is 0 Å². The Labute approximate surface area is 334 Å². The molecule has 0 saturated carbocycles. The number of nitrogens with zero attached hydrogens (tertiary/aromatic N) is 5. The van der Waals surface area contributed by atoms with Gasteiger partial charge in [-0.15, -0.1) is 0 Å². The Hall–Kier alpha value is -3.89. The number of nitrogens with one attached hydrogen (secondary N) is 1. The number of hydrogen-bond acceptors (Lipinski definition) is 7. The lowest BCUT2D eigenvalue weighted by Crippen LogP contribution is -2.50. The molecular formula is C42H48Cl2N6O4S. The number of ether oxygens (including phenoxy) is 1. The number of hydrogen-bond donors (Lipinski definition) is 1. The predicted octanol–water partition coefficient (Wildman–Crippen LogP) is 6.95. The molecule has 2 atom stereocenters. The molecule has 2 saturated heterocycles. The molecule has 2 bridgehead atoms. The summed E-state index contributed by atoms with van der Waals surface area (Å²) >= 11 is 12.7. The number of likely N-dealkylation sites (tertiary alicyclic amines) is 2. The minimum Gasteiger partial charge on any atom is -0.444 e. The number of carbonyl (C=O) groups is 1. The van der Waals surface area contributed by atoms with E-state index >= 15 is 0 Å². The van der Waals surface area contributed by atoms with E-state index < -0.39 is 15.6 Å². The third kappa shape index (κ3) is 9.57. The Morgan fingerprint density at radius 3 is 2.31 bits per heavy atom. The van der Waals surface area contributed by atoms with Crippen molar-refractivity contribution in [3.05, 3.63) is 110 Å². The average Bonchev–Trinajstić information content (AvgIpc) is 3.85. The molecule has 3 aromatic carbocycles. The van der Waals surface area contributed by atoms with Crippen molar-refractivity contribution in [2.24, 2.45) is 0 Å². The number of aromatic nitrogens is 2. The molecule has 2 fully saturated rings. The molecule has 4 heterocycles. The summed E-state index contributed by atoms with van der Waals surface area (Å²) in [6, 6.07) is 22.2. The van der Waals surface area contributed by atoms with E-state index in [1.165, 1.54) is 16.1 Å². The highest BCUT2D eigenvalue weighted by Gasteiger charge is 2.46. The van der Waals surface area contributed by atoms with Crippen LogP contribution in [0.5, 0.6) is 0 Å². The number of piperazine rings is 1. The number of fused-ring (bicyclic) bond motifs is 3. The van der Waals surface area contributed by atoms with E-state index in [1.807, 2.05) is 80.3 Å². The van der Waals surface area contributed by atoms with Crippen LogP contribution in [0.1, 0.15) is 67.1 Å². The van der Waals surface area contributed by atoms with Crippen LogP contribution in [0.3, 0.4) is 0 Å². The maximum Gasteiger partial charge on any atom is 0.410 e. The summed E-state index contributed by atoms with van der Waals surface area (Å²) in [6.45, 7) is 11.0. The van der Waals surface area contributed by atoms with Crippen molar-refractivity contribution in [3.8, 4) is 23.1 Å². The Morgan fingerprint density at radius 1 is 0.945 bits per heavy atom. The molecule has 3 aliphatic rings. The molecule has 55 heavy (non-hydrogen) atoms. The molecule has 7 rings (SSSR count). The first kappa shape index (κ1) is 39.3. The first-order valence-electron chi connectivity index (χ1n) is 18.8. The SMILES string of the molecule is CC(C)(C)OC(=O)N1C[C@H]2C[C@@H]1CN2CCCn1nc(-c2ccc(Cl)c(C#Cc3ccc(CNCc4ccc(Cl)cc4)cc3)c2)c2c1CCN(S(C)(=O)=O)C2. The van der Waals surface area contributed by atoms with Crippen molar-refractivity contribution >= 4 is 39.3 Å². The molecule has 1 aromatic heterocycles. The highest BCUT2D eigenvalue weighted by Crippen LogP contribution is 2.34. The minimum atomic E-state index is -3.39. The second kappa shape index (κ2) is 16.3. The second-order valence-corrected chi connectivity index (χ2v) is 18.6. The fourth-order valence-corrected chi connectivity index (χ4v) is 8.80. The van der Waals surface area contributed by atoms with Gasteiger partial charge in [0.05, 0.1) is 17.0 Å². The van der Waals surface area contributed by atoms with Gasteiger partial charge in [0.2, 0.25) is 10.0 Å². The van der Waals surface area contributed by atoms with Crippen LogP contribution in [-0.4, -0.2) is 88.5 Å². The minimum absolute atomic E-state index is 0.182. The van der Waals surface area contributed by atoms with Crippen LogP contribution in [0.4, 0.5) is 4.79 Å². The summed E-state index contributed by atoms with van der Waals surface area (Å²) in [5, 5.41) is 9.84. The standard InChI is InChI=1S/C42H48Cl2N6O4S/c1-42(2,3)54-41(51)49-27-35-23-36(49)26-47(35)19-5-20-50-39-18-21-48(55(4,52)53)28-37(39)40(46-50)33-14-17-38(44)32(22-33)13-10-29-6-8-30(9-7-29)24-45-25-31-11-15-34(43)16-12-31/h6-9,11-12,14-17,22,35-36,45H,5,18-21,23-28H2,1-4H3/t35-,36-/m1/s1. The van der Waals surface area contributed by atoms with Crippen molar-refractivity contribution in [1.29, 1.82) is 0 Å². The topological polar surface area (TPSA) is 100 Å². The monoisotopic (exact) mass is 802 g/mol. The molecule has 10 nitrogen and oxygen atoms in total. The van der Waals surface area contributed by atoms with Gasteiger partial charge in [-0.25, -0.2) is 13.2 Å². The Balaban J connectivity index is 1.03.